The second-order valence-corrected chi connectivity index (χ2v) is 5.77. The second-order valence-electron chi connectivity index (χ2n) is 4.71. The van der Waals surface area contributed by atoms with Crippen molar-refractivity contribution in [1.82, 2.24) is 20.1 Å². The first kappa shape index (κ1) is 14.8. The predicted molar refractivity (Wildman–Crippen MR) is 71.5 cm³/mol. The van der Waals surface area contributed by atoms with Crippen molar-refractivity contribution in [1.29, 1.82) is 5.26 Å². The number of aromatic amines is 1. The Morgan fingerprint density at radius 1 is 1.67 bits per heavy atom. The Labute approximate surface area is 111 Å². The molecule has 2 N–H and O–H groups in total. The summed E-state index contributed by atoms with van der Waals surface area (Å²) < 4.78 is 1.46. The topological polar surface area (TPSA) is 86.5 Å². The zero-order valence-corrected chi connectivity index (χ0v) is 12.0. The largest absolute Gasteiger partial charge is 0.343 e. The zero-order valence-electron chi connectivity index (χ0n) is 11.1. The van der Waals surface area contributed by atoms with Gasteiger partial charge in [-0.3, -0.25) is 9.88 Å². The molecule has 0 radical (unpaired) electrons. The van der Waals surface area contributed by atoms with Crippen molar-refractivity contribution in [3.63, 3.8) is 0 Å². The number of nitrogens with one attached hydrogen (secondary N) is 2. The lowest BCUT2D eigenvalue weighted by Gasteiger charge is -2.25. The summed E-state index contributed by atoms with van der Waals surface area (Å²) in [6, 6.07) is 2.55. The van der Waals surface area contributed by atoms with Gasteiger partial charge in [-0.25, -0.2) is 9.89 Å². The van der Waals surface area contributed by atoms with Gasteiger partial charge in [0, 0.05) is 18.8 Å². The fraction of sp³-hybridized carbons (Fsp3) is 0.727. The Morgan fingerprint density at radius 3 is 2.78 bits per heavy atom. The van der Waals surface area contributed by atoms with E-state index in [0.29, 0.717) is 11.6 Å². The van der Waals surface area contributed by atoms with E-state index in [4.69, 9.17) is 0 Å². The third-order valence-corrected chi connectivity index (χ3v) is 3.56. The average Bonchev–Trinajstić information content (AvgIpc) is 2.60. The number of rotatable bonds is 6. The predicted octanol–water partition coefficient (Wildman–Crippen LogP) is 0.871. The summed E-state index contributed by atoms with van der Waals surface area (Å²) in [7, 11) is 1.67. The molecule has 18 heavy (non-hydrogen) atoms. The van der Waals surface area contributed by atoms with Gasteiger partial charge in [0.2, 0.25) is 0 Å². The van der Waals surface area contributed by atoms with Gasteiger partial charge in [-0.05, 0) is 27.2 Å². The summed E-state index contributed by atoms with van der Waals surface area (Å²) in [6.45, 7) is 5.91. The fourth-order valence-electron chi connectivity index (χ4n) is 1.61. The zero-order chi connectivity index (χ0) is 13.8. The third kappa shape index (κ3) is 3.89. The Bertz CT molecular complexity index is 486. The molecule has 1 aromatic heterocycles. The molecule has 7 heteroatoms. The Kier molecular flexibility index (Phi) is 4.99. The summed E-state index contributed by atoms with van der Waals surface area (Å²) in [5.74, 6) is 0.724. The van der Waals surface area contributed by atoms with Crippen molar-refractivity contribution in [3.05, 3.63) is 10.5 Å². The molecule has 1 heterocycles. The van der Waals surface area contributed by atoms with Crippen molar-refractivity contribution < 1.29 is 0 Å². The lowest BCUT2D eigenvalue weighted by Crippen LogP contribution is -2.45. The van der Waals surface area contributed by atoms with Crippen LogP contribution in [0.3, 0.4) is 0 Å². The maximum Gasteiger partial charge on any atom is 0.343 e. The Hall–Kier alpha value is -1.26. The van der Waals surface area contributed by atoms with Crippen LogP contribution in [-0.2, 0) is 7.05 Å². The van der Waals surface area contributed by atoms with Gasteiger partial charge in [0.15, 0.2) is 5.16 Å². The molecule has 1 aromatic rings. The lowest BCUT2D eigenvalue weighted by atomic mass is 10.0. The van der Waals surface area contributed by atoms with E-state index in [2.05, 4.69) is 21.6 Å². The number of hydrogen-bond donors (Lipinski definition) is 2. The van der Waals surface area contributed by atoms with Gasteiger partial charge in [-0.1, -0.05) is 11.8 Å². The van der Waals surface area contributed by atoms with Crippen LogP contribution in [0.25, 0.3) is 0 Å². The van der Waals surface area contributed by atoms with Crippen molar-refractivity contribution in [2.24, 2.45) is 7.05 Å². The minimum Gasteiger partial charge on any atom is -0.297 e. The van der Waals surface area contributed by atoms with E-state index in [-0.39, 0.29) is 11.7 Å². The summed E-state index contributed by atoms with van der Waals surface area (Å²) in [5.41, 5.74) is -0.767. The van der Waals surface area contributed by atoms with Crippen molar-refractivity contribution in [2.75, 3.05) is 5.75 Å². The molecule has 0 saturated heterocycles. The fourth-order valence-corrected chi connectivity index (χ4v) is 2.69. The molecule has 0 saturated carbocycles. The number of thioether (sulfide) groups is 1. The molecule has 1 unspecified atom stereocenters. The Balaban J connectivity index is 2.53. The van der Waals surface area contributed by atoms with E-state index in [0.717, 1.165) is 5.75 Å². The smallest absolute Gasteiger partial charge is 0.297 e. The van der Waals surface area contributed by atoms with Gasteiger partial charge in [0.25, 0.3) is 0 Å². The maximum absolute atomic E-state index is 11.2. The minimum absolute atomic E-state index is 0.221. The summed E-state index contributed by atoms with van der Waals surface area (Å²) in [4.78, 5) is 11.2. The molecule has 1 atom stereocenters. The van der Waals surface area contributed by atoms with Crippen LogP contribution in [0.5, 0.6) is 0 Å². The maximum atomic E-state index is 11.2. The number of hydrogen-bond acceptors (Lipinski definition) is 5. The highest BCUT2D eigenvalue weighted by molar-refractivity contribution is 7.99. The summed E-state index contributed by atoms with van der Waals surface area (Å²) >= 11 is 1.47. The van der Waals surface area contributed by atoms with Gasteiger partial charge in [-0.15, -0.1) is 5.10 Å². The van der Waals surface area contributed by atoms with Gasteiger partial charge in [-0.2, -0.15) is 5.26 Å². The molecular formula is C11H19N5OS. The van der Waals surface area contributed by atoms with E-state index in [1.165, 1.54) is 16.3 Å². The molecule has 100 valence electrons. The number of nitriles is 1. The molecule has 0 aliphatic carbocycles. The monoisotopic (exact) mass is 269 g/mol. The van der Waals surface area contributed by atoms with Gasteiger partial charge >= 0.3 is 5.69 Å². The molecular weight excluding hydrogens is 250 g/mol. The van der Waals surface area contributed by atoms with Gasteiger partial charge in [0.1, 0.15) is 5.54 Å². The molecule has 0 fully saturated rings. The van der Waals surface area contributed by atoms with E-state index >= 15 is 0 Å². The average molecular weight is 269 g/mol. The first-order chi connectivity index (χ1) is 8.38. The molecule has 0 aromatic carbocycles. The molecule has 1 rings (SSSR count). The van der Waals surface area contributed by atoms with Crippen LogP contribution in [0.2, 0.25) is 0 Å². The van der Waals surface area contributed by atoms with Crippen LogP contribution in [0.4, 0.5) is 0 Å². The number of aromatic nitrogens is 3. The van der Waals surface area contributed by atoms with Crippen molar-refractivity contribution in [3.8, 4) is 6.07 Å². The van der Waals surface area contributed by atoms with E-state index in [1.807, 2.05) is 20.8 Å². The van der Waals surface area contributed by atoms with Crippen molar-refractivity contribution in [2.45, 2.75) is 43.9 Å². The SMILES string of the molecule is CC(C)NC(C)(C#N)CCSc1n[nH]c(=O)n1C. The lowest BCUT2D eigenvalue weighted by molar-refractivity contribution is 0.397. The van der Waals surface area contributed by atoms with E-state index < -0.39 is 5.54 Å². The molecule has 0 aliphatic rings. The minimum atomic E-state index is -0.545. The third-order valence-electron chi connectivity index (χ3n) is 2.53. The van der Waals surface area contributed by atoms with E-state index in [1.54, 1.807) is 7.05 Å². The van der Waals surface area contributed by atoms with Crippen LogP contribution >= 0.6 is 11.8 Å². The van der Waals surface area contributed by atoms with Gasteiger partial charge in [0.05, 0.1) is 6.07 Å². The van der Waals surface area contributed by atoms with Crippen LogP contribution in [-0.4, -0.2) is 32.1 Å². The summed E-state index contributed by atoms with van der Waals surface area (Å²) in [5, 5.41) is 19.4. The molecule has 0 bridgehead atoms. The molecule has 0 amide bonds. The van der Waals surface area contributed by atoms with Gasteiger partial charge < -0.3 is 0 Å². The first-order valence-electron chi connectivity index (χ1n) is 5.81. The normalized spacial score (nSPS) is 14.4. The first-order valence-corrected chi connectivity index (χ1v) is 6.79. The highest BCUT2D eigenvalue weighted by Gasteiger charge is 2.24. The number of H-pyrrole nitrogens is 1. The standard InChI is InChI=1S/C11H19N5OS/c1-8(2)13-11(3,7-12)5-6-18-10-15-14-9(17)16(10)4/h8,13H,5-6H2,1-4H3,(H,14,17). The van der Waals surface area contributed by atoms with Crippen LogP contribution < -0.4 is 11.0 Å². The van der Waals surface area contributed by atoms with E-state index in [9.17, 15) is 10.1 Å². The highest BCUT2D eigenvalue weighted by Crippen LogP contribution is 2.18. The van der Waals surface area contributed by atoms with Crippen LogP contribution in [0.1, 0.15) is 27.2 Å². The Morgan fingerprint density at radius 2 is 2.33 bits per heavy atom. The van der Waals surface area contributed by atoms with Crippen molar-refractivity contribution >= 4 is 11.8 Å². The quantitative estimate of drug-likeness (QED) is 0.748. The summed E-state index contributed by atoms with van der Waals surface area (Å²) in [6.07, 6.45) is 0.688. The molecule has 6 nitrogen and oxygen atoms in total. The van der Waals surface area contributed by atoms with Crippen LogP contribution in [0.15, 0.2) is 9.95 Å². The van der Waals surface area contributed by atoms with Crippen LogP contribution in [0, 0.1) is 11.3 Å². The highest BCUT2D eigenvalue weighted by atomic mass is 32.2. The molecule has 0 spiro atoms. The number of nitrogens with zero attached hydrogens (tertiary/aromatic N) is 3. The second kappa shape index (κ2) is 6.07. The molecule has 0 aliphatic heterocycles.